The molecule has 2 aromatic carbocycles. The highest BCUT2D eigenvalue weighted by molar-refractivity contribution is 7.89. The zero-order valence-electron chi connectivity index (χ0n) is 13.3. The highest BCUT2D eigenvalue weighted by Crippen LogP contribution is 2.23. The Balaban J connectivity index is 2.19. The molecule has 6 heteroatoms. The summed E-state index contributed by atoms with van der Waals surface area (Å²) in [6.07, 6.45) is 0. The lowest BCUT2D eigenvalue weighted by Crippen LogP contribution is -2.38. The number of rotatable bonds is 5. The van der Waals surface area contributed by atoms with Crippen molar-refractivity contribution < 1.29 is 13.5 Å². The standard InChI is InChI=1S/C17H20ClNO3S/c1-12-4-9-16(13(2)10-12)23(21,22)19-11-17(3,20)14-5-7-15(18)8-6-14/h4-10,19-20H,11H2,1-3H3. The molecule has 4 nitrogen and oxygen atoms in total. The topological polar surface area (TPSA) is 66.4 Å². The molecule has 0 aromatic heterocycles. The number of aliphatic hydroxyl groups is 1. The van der Waals surface area contributed by atoms with Gasteiger partial charge in [-0.3, -0.25) is 0 Å². The molecule has 0 saturated carbocycles. The number of benzene rings is 2. The molecule has 0 saturated heterocycles. The number of halogens is 1. The Labute approximate surface area is 142 Å². The number of aryl methyl sites for hydroxylation is 2. The van der Waals surface area contributed by atoms with E-state index in [9.17, 15) is 13.5 Å². The fraction of sp³-hybridized carbons (Fsp3) is 0.294. The summed E-state index contributed by atoms with van der Waals surface area (Å²) in [5.41, 5.74) is 0.916. The Bertz CT molecular complexity index is 799. The first kappa shape index (κ1) is 17.9. The fourth-order valence-corrected chi connectivity index (χ4v) is 3.81. The zero-order valence-corrected chi connectivity index (χ0v) is 14.9. The maximum Gasteiger partial charge on any atom is 0.240 e. The minimum Gasteiger partial charge on any atom is -0.384 e. The summed E-state index contributed by atoms with van der Waals surface area (Å²) in [6, 6.07) is 11.8. The summed E-state index contributed by atoms with van der Waals surface area (Å²) in [5.74, 6) is 0. The van der Waals surface area contributed by atoms with Crippen molar-refractivity contribution in [2.24, 2.45) is 0 Å². The molecular weight excluding hydrogens is 334 g/mol. The van der Waals surface area contributed by atoms with Crippen LogP contribution in [0.1, 0.15) is 23.6 Å². The van der Waals surface area contributed by atoms with E-state index in [2.05, 4.69) is 4.72 Å². The minimum atomic E-state index is -3.69. The van der Waals surface area contributed by atoms with E-state index in [4.69, 9.17) is 11.6 Å². The fourth-order valence-electron chi connectivity index (χ4n) is 2.33. The Hall–Kier alpha value is -1.40. The molecule has 2 N–H and O–H groups in total. The van der Waals surface area contributed by atoms with Gasteiger partial charge in [0.2, 0.25) is 10.0 Å². The quantitative estimate of drug-likeness (QED) is 0.867. The first-order chi connectivity index (χ1) is 10.6. The average Bonchev–Trinajstić information content (AvgIpc) is 2.45. The van der Waals surface area contributed by atoms with Crippen LogP contribution in [0, 0.1) is 13.8 Å². The molecule has 0 heterocycles. The van der Waals surface area contributed by atoms with Crippen LogP contribution in [0.25, 0.3) is 0 Å². The van der Waals surface area contributed by atoms with Crippen LogP contribution in [0.5, 0.6) is 0 Å². The molecule has 0 amide bonds. The maximum absolute atomic E-state index is 12.5. The molecule has 124 valence electrons. The Morgan fingerprint density at radius 1 is 1.13 bits per heavy atom. The largest absolute Gasteiger partial charge is 0.384 e. The first-order valence-electron chi connectivity index (χ1n) is 7.17. The maximum atomic E-state index is 12.5. The van der Waals surface area contributed by atoms with Gasteiger partial charge in [0.15, 0.2) is 0 Å². The van der Waals surface area contributed by atoms with Gasteiger partial charge in [-0.15, -0.1) is 0 Å². The molecule has 1 unspecified atom stereocenters. The summed E-state index contributed by atoms with van der Waals surface area (Å²) >= 11 is 5.83. The SMILES string of the molecule is Cc1ccc(S(=O)(=O)NCC(C)(O)c2ccc(Cl)cc2)c(C)c1. The Morgan fingerprint density at radius 2 is 1.74 bits per heavy atom. The van der Waals surface area contributed by atoms with Crippen molar-refractivity contribution in [3.63, 3.8) is 0 Å². The van der Waals surface area contributed by atoms with Crippen LogP contribution in [-0.2, 0) is 15.6 Å². The molecule has 23 heavy (non-hydrogen) atoms. The van der Waals surface area contributed by atoms with Crippen LogP contribution in [0.3, 0.4) is 0 Å². The van der Waals surface area contributed by atoms with Crippen molar-refractivity contribution in [1.29, 1.82) is 0 Å². The minimum absolute atomic E-state index is 0.135. The van der Waals surface area contributed by atoms with Crippen molar-refractivity contribution >= 4 is 21.6 Å². The third-order valence-electron chi connectivity index (χ3n) is 3.69. The molecule has 0 aliphatic carbocycles. The van der Waals surface area contributed by atoms with Crippen LogP contribution in [0.15, 0.2) is 47.4 Å². The molecule has 0 bridgehead atoms. The zero-order chi connectivity index (χ0) is 17.3. The van der Waals surface area contributed by atoms with Gasteiger partial charge in [0.05, 0.1) is 4.90 Å². The molecule has 0 aliphatic heterocycles. The van der Waals surface area contributed by atoms with Gasteiger partial charge in [-0.2, -0.15) is 0 Å². The van der Waals surface area contributed by atoms with E-state index in [1.807, 2.05) is 13.0 Å². The third-order valence-corrected chi connectivity index (χ3v) is 5.51. The van der Waals surface area contributed by atoms with Crippen LogP contribution in [0.4, 0.5) is 0 Å². The van der Waals surface area contributed by atoms with Crippen LogP contribution >= 0.6 is 11.6 Å². The normalized spacial score (nSPS) is 14.5. The van der Waals surface area contributed by atoms with E-state index < -0.39 is 15.6 Å². The van der Waals surface area contributed by atoms with Gasteiger partial charge in [0, 0.05) is 11.6 Å². The van der Waals surface area contributed by atoms with Crippen molar-refractivity contribution in [2.75, 3.05) is 6.54 Å². The number of hydrogen-bond acceptors (Lipinski definition) is 3. The first-order valence-corrected chi connectivity index (χ1v) is 9.03. The lowest BCUT2D eigenvalue weighted by molar-refractivity contribution is 0.0627. The summed E-state index contributed by atoms with van der Waals surface area (Å²) in [6.45, 7) is 5.08. The van der Waals surface area contributed by atoms with E-state index in [-0.39, 0.29) is 11.4 Å². The second-order valence-corrected chi connectivity index (χ2v) is 8.05. The number of sulfonamides is 1. The summed E-state index contributed by atoms with van der Waals surface area (Å²) in [5, 5.41) is 11.1. The molecule has 0 spiro atoms. The molecule has 0 aliphatic rings. The molecule has 1 atom stereocenters. The van der Waals surface area contributed by atoms with Gasteiger partial charge in [-0.05, 0) is 50.1 Å². The van der Waals surface area contributed by atoms with Gasteiger partial charge >= 0.3 is 0 Å². The monoisotopic (exact) mass is 353 g/mol. The Morgan fingerprint density at radius 3 is 2.30 bits per heavy atom. The summed E-state index contributed by atoms with van der Waals surface area (Å²) in [4.78, 5) is 0.218. The highest BCUT2D eigenvalue weighted by atomic mass is 35.5. The van der Waals surface area contributed by atoms with Crippen LogP contribution in [-0.4, -0.2) is 20.1 Å². The summed E-state index contributed by atoms with van der Waals surface area (Å²) in [7, 11) is -3.69. The highest BCUT2D eigenvalue weighted by Gasteiger charge is 2.26. The van der Waals surface area contributed by atoms with Crippen molar-refractivity contribution in [1.82, 2.24) is 4.72 Å². The smallest absolute Gasteiger partial charge is 0.240 e. The van der Waals surface area contributed by atoms with Crippen molar-refractivity contribution in [2.45, 2.75) is 31.3 Å². The van der Waals surface area contributed by atoms with E-state index in [1.54, 1.807) is 50.2 Å². The second kappa shape index (κ2) is 6.61. The van der Waals surface area contributed by atoms with Crippen molar-refractivity contribution in [3.05, 3.63) is 64.2 Å². The Kier molecular flexibility index (Phi) is 5.16. The van der Waals surface area contributed by atoms with E-state index in [1.165, 1.54) is 0 Å². The van der Waals surface area contributed by atoms with E-state index >= 15 is 0 Å². The molecule has 0 fully saturated rings. The number of hydrogen-bond donors (Lipinski definition) is 2. The molecule has 2 rings (SSSR count). The number of nitrogens with one attached hydrogen (secondary N) is 1. The predicted molar refractivity (Wildman–Crippen MR) is 92.1 cm³/mol. The van der Waals surface area contributed by atoms with Gasteiger partial charge in [-0.1, -0.05) is 41.4 Å². The van der Waals surface area contributed by atoms with E-state index in [0.29, 0.717) is 16.1 Å². The van der Waals surface area contributed by atoms with Gasteiger partial charge in [-0.25, -0.2) is 13.1 Å². The molecule has 2 aromatic rings. The average molecular weight is 354 g/mol. The molecular formula is C17H20ClNO3S. The third kappa shape index (κ3) is 4.32. The van der Waals surface area contributed by atoms with Gasteiger partial charge in [0.25, 0.3) is 0 Å². The second-order valence-electron chi connectivity index (χ2n) is 5.87. The van der Waals surface area contributed by atoms with E-state index in [0.717, 1.165) is 5.56 Å². The summed E-state index contributed by atoms with van der Waals surface area (Å²) < 4.78 is 27.4. The lowest BCUT2D eigenvalue weighted by Gasteiger charge is -2.24. The van der Waals surface area contributed by atoms with Crippen LogP contribution in [0.2, 0.25) is 5.02 Å². The van der Waals surface area contributed by atoms with Crippen molar-refractivity contribution in [3.8, 4) is 0 Å². The predicted octanol–water partition coefficient (Wildman–Crippen LogP) is 3.14. The van der Waals surface area contributed by atoms with Gasteiger partial charge < -0.3 is 5.11 Å². The van der Waals surface area contributed by atoms with Crippen LogP contribution < -0.4 is 4.72 Å². The lowest BCUT2D eigenvalue weighted by atomic mass is 9.97. The van der Waals surface area contributed by atoms with Gasteiger partial charge in [0.1, 0.15) is 5.60 Å². The molecule has 0 radical (unpaired) electrons.